The Hall–Kier alpha value is -0.590. The van der Waals surface area contributed by atoms with Gasteiger partial charge in [0.25, 0.3) is 0 Å². The monoisotopic (exact) mass is 141 g/mol. The predicted octanol–water partition coefficient (Wildman–Crippen LogP) is 0.0481. The largest absolute Gasteiger partial charge is 0.304 e. The Morgan fingerprint density at radius 3 is 2.10 bits per heavy atom. The molecule has 0 aromatic rings. The molecule has 58 valence electrons. The molecular formula is C7H15N3. The maximum Gasteiger partial charge on any atom is 0.110 e. The van der Waals surface area contributed by atoms with Gasteiger partial charge in [-0.2, -0.15) is 5.26 Å². The lowest BCUT2D eigenvalue weighted by Gasteiger charge is -2.23. The molecule has 0 aromatic heterocycles. The molecule has 3 heteroatoms. The number of likely N-dealkylation sites (N-methyl/N-ethyl adjacent to an activating group) is 2. The van der Waals surface area contributed by atoms with Crippen molar-refractivity contribution in [3.63, 3.8) is 0 Å². The first-order valence-corrected chi connectivity index (χ1v) is 3.36. The summed E-state index contributed by atoms with van der Waals surface area (Å²) < 4.78 is 0. The van der Waals surface area contributed by atoms with Gasteiger partial charge in [-0.05, 0) is 28.1 Å². The molecule has 0 radical (unpaired) electrons. The van der Waals surface area contributed by atoms with Crippen LogP contribution in [0.3, 0.4) is 0 Å². The molecule has 0 spiro atoms. The summed E-state index contributed by atoms with van der Waals surface area (Å²) in [6, 6.07) is 2.37. The van der Waals surface area contributed by atoms with E-state index in [0.717, 1.165) is 0 Å². The Labute approximate surface area is 62.6 Å². The highest BCUT2D eigenvalue weighted by molar-refractivity contribution is 4.95. The molecule has 0 saturated carbocycles. The second kappa shape index (κ2) is 4.26. The van der Waals surface area contributed by atoms with Gasteiger partial charge < -0.3 is 10.2 Å². The van der Waals surface area contributed by atoms with Crippen LogP contribution in [0.4, 0.5) is 0 Å². The Bertz CT molecular complexity index is 125. The maximum atomic E-state index is 8.61. The van der Waals surface area contributed by atoms with Crippen LogP contribution in [-0.2, 0) is 0 Å². The number of rotatable bonds is 3. The summed E-state index contributed by atoms with van der Waals surface area (Å²) in [5, 5.41) is 11.5. The molecule has 2 atom stereocenters. The number of hydrogen-bond acceptors (Lipinski definition) is 3. The van der Waals surface area contributed by atoms with Crippen LogP contribution >= 0.6 is 0 Å². The first kappa shape index (κ1) is 9.41. The van der Waals surface area contributed by atoms with Gasteiger partial charge in [0, 0.05) is 6.04 Å². The van der Waals surface area contributed by atoms with E-state index in [1.165, 1.54) is 0 Å². The van der Waals surface area contributed by atoms with Gasteiger partial charge in [-0.1, -0.05) is 0 Å². The smallest absolute Gasteiger partial charge is 0.110 e. The fraction of sp³-hybridized carbons (Fsp3) is 0.857. The van der Waals surface area contributed by atoms with E-state index in [2.05, 4.69) is 11.4 Å². The zero-order valence-electron chi connectivity index (χ0n) is 7.05. The summed E-state index contributed by atoms with van der Waals surface area (Å²) in [6.45, 7) is 2.02. The van der Waals surface area contributed by atoms with Crippen molar-refractivity contribution in [1.82, 2.24) is 10.2 Å². The lowest BCUT2D eigenvalue weighted by Crippen LogP contribution is -2.43. The van der Waals surface area contributed by atoms with Gasteiger partial charge in [-0.3, -0.25) is 0 Å². The molecule has 2 unspecified atom stereocenters. The topological polar surface area (TPSA) is 39.1 Å². The first-order chi connectivity index (χ1) is 4.63. The lowest BCUT2D eigenvalue weighted by atomic mass is 10.1. The van der Waals surface area contributed by atoms with Crippen molar-refractivity contribution < 1.29 is 0 Å². The molecular weight excluding hydrogens is 126 g/mol. The van der Waals surface area contributed by atoms with Gasteiger partial charge in [0.2, 0.25) is 0 Å². The summed E-state index contributed by atoms with van der Waals surface area (Å²) in [7, 11) is 5.73. The Kier molecular flexibility index (Phi) is 4.01. The van der Waals surface area contributed by atoms with Crippen molar-refractivity contribution in [2.45, 2.75) is 19.0 Å². The average molecular weight is 141 g/mol. The van der Waals surface area contributed by atoms with E-state index in [9.17, 15) is 0 Å². The Balaban J connectivity index is 3.92. The molecule has 0 heterocycles. The fourth-order valence-corrected chi connectivity index (χ4v) is 0.712. The van der Waals surface area contributed by atoms with Crippen LogP contribution in [-0.4, -0.2) is 38.1 Å². The third kappa shape index (κ3) is 2.34. The van der Waals surface area contributed by atoms with Gasteiger partial charge in [0.1, 0.15) is 6.04 Å². The molecule has 0 aliphatic heterocycles. The van der Waals surface area contributed by atoms with Crippen LogP contribution in [0.5, 0.6) is 0 Å². The van der Waals surface area contributed by atoms with Crippen molar-refractivity contribution in [2.24, 2.45) is 0 Å². The van der Waals surface area contributed by atoms with Crippen molar-refractivity contribution in [2.75, 3.05) is 21.1 Å². The second-order valence-corrected chi connectivity index (χ2v) is 2.60. The summed E-state index contributed by atoms with van der Waals surface area (Å²) in [6.07, 6.45) is 0. The molecule has 0 fully saturated rings. The normalized spacial score (nSPS) is 16.4. The van der Waals surface area contributed by atoms with Crippen molar-refractivity contribution in [3.8, 4) is 6.07 Å². The van der Waals surface area contributed by atoms with E-state index >= 15 is 0 Å². The second-order valence-electron chi connectivity index (χ2n) is 2.60. The molecule has 0 aromatic carbocycles. The van der Waals surface area contributed by atoms with Crippen molar-refractivity contribution in [3.05, 3.63) is 0 Å². The van der Waals surface area contributed by atoms with E-state index in [1.54, 1.807) is 7.05 Å². The van der Waals surface area contributed by atoms with Crippen LogP contribution in [0.25, 0.3) is 0 Å². The standard InChI is InChI=1S/C7H15N3/c1-6(10(3)4)7(5-8)9-2/h6-7,9H,1-4H3. The van der Waals surface area contributed by atoms with Gasteiger partial charge in [-0.25, -0.2) is 0 Å². The summed E-state index contributed by atoms with van der Waals surface area (Å²) in [5.41, 5.74) is 0. The molecule has 0 amide bonds. The molecule has 0 aliphatic rings. The number of nitrogens with one attached hydrogen (secondary N) is 1. The van der Waals surface area contributed by atoms with E-state index in [1.807, 2.05) is 25.9 Å². The maximum absolute atomic E-state index is 8.61. The highest BCUT2D eigenvalue weighted by atomic mass is 15.1. The SMILES string of the molecule is CNC(C#N)C(C)N(C)C. The lowest BCUT2D eigenvalue weighted by molar-refractivity contribution is 0.280. The van der Waals surface area contributed by atoms with Gasteiger partial charge in [0.05, 0.1) is 6.07 Å². The van der Waals surface area contributed by atoms with Crippen LogP contribution in [0, 0.1) is 11.3 Å². The Morgan fingerprint density at radius 2 is 2.00 bits per heavy atom. The van der Waals surface area contributed by atoms with Gasteiger partial charge in [-0.15, -0.1) is 0 Å². The van der Waals surface area contributed by atoms with Crippen LogP contribution in [0.1, 0.15) is 6.92 Å². The number of nitriles is 1. The average Bonchev–Trinajstić information content (AvgIpc) is 1.90. The molecule has 0 rings (SSSR count). The highest BCUT2D eigenvalue weighted by Crippen LogP contribution is 1.96. The van der Waals surface area contributed by atoms with Crippen LogP contribution < -0.4 is 5.32 Å². The van der Waals surface area contributed by atoms with E-state index in [4.69, 9.17) is 5.26 Å². The zero-order chi connectivity index (χ0) is 8.15. The van der Waals surface area contributed by atoms with Crippen LogP contribution in [0.15, 0.2) is 0 Å². The molecule has 0 saturated heterocycles. The molecule has 1 N–H and O–H groups in total. The third-order valence-corrected chi connectivity index (χ3v) is 1.75. The molecule has 3 nitrogen and oxygen atoms in total. The molecule has 0 aliphatic carbocycles. The fourth-order valence-electron chi connectivity index (χ4n) is 0.712. The minimum absolute atomic E-state index is 0.0741. The highest BCUT2D eigenvalue weighted by Gasteiger charge is 2.15. The van der Waals surface area contributed by atoms with E-state index < -0.39 is 0 Å². The van der Waals surface area contributed by atoms with E-state index in [0.29, 0.717) is 0 Å². The van der Waals surface area contributed by atoms with E-state index in [-0.39, 0.29) is 12.1 Å². The van der Waals surface area contributed by atoms with Crippen molar-refractivity contribution >= 4 is 0 Å². The third-order valence-electron chi connectivity index (χ3n) is 1.75. The van der Waals surface area contributed by atoms with Crippen molar-refractivity contribution in [1.29, 1.82) is 5.26 Å². The van der Waals surface area contributed by atoms with Gasteiger partial charge >= 0.3 is 0 Å². The molecule has 10 heavy (non-hydrogen) atoms. The summed E-state index contributed by atoms with van der Waals surface area (Å²) >= 11 is 0. The minimum Gasteiger partial charge on any atom is -0.304 e. The van der Waals surface area contributed by atoms with Crippen LogP contribution in [0.2, 0.25) is 0 Å². The minimum atomic E-state index is -0.0741. The quantitative estimate of drug-likeness (QED) is 0.603. The number of nitrogens with zero attached hydrogens (tertiary/aromatic N) is 2. The summed E-state index contributed by atoms with van der Waals surface area (Å²) in [4.78, 5) is 2.02. The number of hydrogen-bond donors (Lipinski definition) is 1. The summed E-state index contributed by atoms with van der Waals surface area (Å²) in [5.74, 6) is 0. The molecule has 0 bridgehead atoms. The predicted molar refractivity (Wildman–Crippen MR) is 41.6 cm³/mol. The Morgan fingerprint density at radius 1 is 1.50 bits per heavy atom. The van der Waals surface area contributed by atoms with Gasteiger partial charge in [0.15, 0.2) is 0 Å². The zero-order valence-corrected chi connectivity index (χ0v) is 7.05. The first-order valence-electron chi connectivity index (χ1n) is 3.36.